The van der Waals surface area contributed by atoms with Crippen LogP contribution in [-0.4, -0.2) is 27.5 Å². The van der Waals surface area contributed by atoms with Crippen LogP contribution in [0.2, 0.25) is 0 Å². The normalized spacial score (nSPS) is 19.3. The molecular weight excluding hydrogens is 615 g/mol. The number of imide groups is 1. The number of aryl methyl sites for hydroxylation is 1. The van der Waals surface area contributed by atoms with Crippen LogP contribution in [0.4, 0.5) is 11.4 Å². The average Bonchev–Trinajstić information content (AvgIpc) is 3.47. The van der Waals surface area contributed by atoms with Crippen LogP contribution in [0.5, 0.6) is 0 Å². The van der Waals surface area contributed by atoms with Gasteiger partial charge in [-0.25, -0.2) is 4.90 Å². The van der Waals surface area contributed by atoms with Gasteiger partial charge in [-0.2, -0.15) is 0 Å². The van der Waals surface area contributed by atoms with Gasteiger partial charge >= 0.3 is 4.87 Å². The van der Waals surface area contributed by atoms with Crippen LogP contribution in [0.1, 0.15) is 48.3 Å². The van der Waals surface area contributed by atoms with Crippen molar-refractivity contribution in [3.8, 4) is 0 Å². The maximum Gasteiger partial charge on any atom is 0.308 e. The first-order chi connectivity index (χ1) is 22.0. The van der Waals surface area contributed by atoms with Crippen molar-refractivity contribution in [3.05, 3.63) is 122 Å². The molecule has 2 aliphatic heterocycles. The van der Waals surface area contributed by atoms with Gasteiger partial charge in [0, 0.05) is 16.5 Å². The topological polar surface area (TPSA) is 88.5 Å². The van der Waals surface area contributed by atoms with E-state index in [1.165, 1.54) is 21.2 Å². The Morgan fingerprint density at radius 3 is 2.24 bits per heavy atom. The molecule has 1 saturated heterocycles. The van der Waals surface area contributed by atoms with Gasteiger partial charge in [0.2, 0.25) is 17.7 Å². The highest BCUT2D eigenvalue weighted by molar-refractivity contribution is 8.00. The van der Waals surface area contributed by atoms with Crippen LogP contribution in [-0.2, 0) is 26.3 Å². The zero-order valence-corrected chi connectivity index (χ0v) is 27.6. The average molecular weight is 648 g/mol. The largest absolute Gasteiger partial charge is 0.325 e. The van der Waals surface area contributed by atoms with E-state index in [1.54, 1.807) is 12.1 Å². The number of hydrogen-bond acceptors (Lipinski definition) is 6. The third-order valence-corrected chi connectivity index (χ3v) is 11.4. The lowest BCUT2D eigenvalue weighted by Gasteiger charge is -2.31. The van der Waals surface area contributed by atoms with Gasteiger partial charge in [-0.3, -0.25) is 23.7 Å². The van der Waals surface area contributed by atoms with Gasteiger partial charge in [0.25, 0.3) is 0 Å². The Labute approximate surface area is 275 Å². The maximum atomic E-state index is 14.2. The third-order valence-electron chi connectivity index (χ3n) is 8.81. The second kappa shape index (κ2) is 11.4. The van der Waals surface area contributed by atoms with Crippen molar-refractivity contribution in [1.82, 2.24) is 4.57 Å². The summed E-state index contributed by atoms with van der Waals surface area (Å²) >= 11 is 2.28. The molecule has 7 nitrogen and oxygen atoms in total. The SMILES string of the molecule is Cc1ccc(N2C(=O)C3Sc4c(sc(=O)n4CC(=O)Nc4ccc5ccccc5c4)[C@H](c4ccc(C(C)(C)C)cc4)C3C2=O)cc1. The fourth-order valence-corrected chi connectivity index (χ4v) is 9.14. The third kappa shape index (κ3) is 5.27. The van der Waals surface area contributed by atoms with Gasteiger partial charge in [-0.1, -0.05) is 116 Å². The van der Waals surface area contributed by atoms with E-state index in [0.29, 0.717) is 21.3 Å². The molecule has 0 aliphatic carbocycles. The number of carbonyl (C=O) groups is 3. The molecule has 4 aromatic carbocycles. The smallest absolute Gasteiger partial charge is 0.308 e. The minimum Gasteiger partial charge on any atom is -0.325 e. The van der Waals surface area contributed by atoms with Crippen molar-refractivity contribution in [2.45, 2.75) is 55.8 Å². The summed E-state index contributed by atoms with van der Waals surface area (Å²) in [4.78, 5) is 56.8. The molecule has 0 saturated carbocycles. The standard InChI is InChI=1S/C37H33N3O4S2/c1-21-9-17-27(18-10-21)40-33(42)30-29(23-11-14-25(15-12-23)37(2,3)4)32-35(45-31(30)34(40)43)39(36(44)46-32)20-28(41)38-26-16-13-22-7-5-6-8-24(22)19-26/h5-19,29-31H,20H2,1-4H3,(H,38,41)/t29-,30?,31?/m1/s1. The molecule has 0 bridgehead atoms. The Morgan fingerprint density at radius 2 is 1.54 bits per heavy atom. The van der Waals surface area contributed by atoms with Crippen molar-refractivity contribution in [1.29, 1.82) is 0 Å². The molecule has 2 aliphatic rings. The molecule has 1 aromatic heterocycles. The number of aromatic nitrogens is 1. The summed E-state index contributed by atoms with van der Waals surface area (Å²) < 4.78 is 1.46. The molecule has 232 valence electrons. The molecule has 46 heavy (non-hydrogen) atoms. The fraction of sp³-hybridized carbons (Fsp3) is 0.243. The highest BCUT2D eigenvalue weighted by Crippen LogP contribution is 2.54. The van der Waals surface area contributed by atoms with Crippen LogP contribution in [0.3, 0.4) is 0 Å². The first kappa shape index (κ1) is 30.2. The maximum absolute atomic E-state index is 14.2. The molecule has 0 spiro atoms. The van der Waals surface area contributed by atoms with Crippen LogP contribution >= 0.6 is 23.1 Å². The molecule has 1 fully saturated rings. The van der Waals surface area contributed by atoms with Crippen LogP contribution in [0, 0.1) is 12.8 Å². The predicted octanol–water partition coefficient (Wildman–Crippen LogP) is 7.10. The van der Waals surface area contributed by atoms with Gasteiger partial charge in [0.05, 0.1) is 16.6 Å². The number of nitrogens with one attached hydrogen (secondary N) is 1. The number of rotatable bonds is 5. The number of anilines is 2. The first-order valence-corrected chi connectivity index (χ1v) is 16.9. The van der Waals surface area contributed by atoms with E-state index in [1.807, 2.05) is 73.7 Å². The Bertz CT molecular complexity index is 2070. The van der Waals surface area contributed by atoms with Crippen LogP contribution in [0.15, 0.2) is 101 Å². The number of hydrogen-bond donors (Lipinski definition) is 1. The summed E-state index contributed by atoms with van der Waals surface area (Å²) in [5, 5.41) is 4.82. The molecule has 3 amide bonds. The van der Waals surface area contributed by atoms with E-state index in [0.717, 1.165) is 38.8 Å². The second-order valence-electron chi connectivity index (χ2n) is 13.0. The van der Waals surface area contributed by atoms with E-state index in [-0.39, 0.29) is 34.6 Å². The van der Waals surface area contributed by atoms with Gasteiger partial charge in [-0.05, 0) is 58.5 Å². The number of fused-ring (bicyclic) bond motifs is 3. The highest BCUT2D eigenvalue weighted by atomic mass is 32.2. The number of nitrogens with zero attached hydrogens (tertiary/aromatic N) is 2. The Morgan fingerprint density at radius 1 is 0.848 bits per heavy atom. The van der Waals surface area contributed by atoms with Crippen LogP contribution in [0.25, 0.3) is 10.8 Å². The first-order valence-electron chi connectivity index (χ1n) is 15.2. The minimum atomic E-state index is -0.739. The highest BCUT2D eigenvalue weighted by Gasteiger charge is 2.56. The molecule has 1 N–H and O–H groups in total. The molecule has 3 atom stereocenters. The number of benzene rings is 4. The predicted molar refractivity (Wildman–Crippen MR) is 185 cm³/mol. The monoisotopic (exact) mass is 647 g/mol. The quantitative estimate of drug-likeness (QED) is 0.206. The van der Waals surface area contributed by atoms with Crippen molar-refractivity contribution < 1.29 is 14.4 Å². The van der Waals surface area contributed by atoms with Gasteiger partial charge < -0.3 is 5.32 Å². The van der Waals surface area contributed by atoms with Crippen molar-refractivity contribution in [3.63, 3.8) is 0 Å². The fourth-order valence-electron chi connectivity index (χ4n) is 6.36. The minimum absolute atomic E-state index is 0.0669. The number of thioether (sulfide) groups is 1. The number of carbonyl (C=O) groups excluding carboxylic acids is 3. The molecule has 5 aromatic rings. The van der Waals surface area contributed by atoms with Crippen molar-refractivity contribution in [2.24, 2.45) is 5.92 Å². The number of thiazole rings is 1. The number of amides is 3. The lowest BCUT2D eigenvalue weighted by atomic mass is 9.81. The summed E-state index contributed by atoms with van der Waals surface area (Å²) in [7, 11) is 0. The van der Waals surface area contributed by atoms with Gasteiger partial charge in [0.15, 0.2) is 0 Å². The molecule has 3 heterocycles. The Balaban J connectivity index is 1.27. The van der Waals surface area contributed by atoms with Crippen molar-refractivity contribution >= 4 is 63.0 Å². The van der Waals surface area contributed by atoms with Crippen LogP contribution < -0.4 is 15.1 Å². The molecule has 9 heteroatoms. The molecular formula is C37H33N3O4S2. The summed E-state index contributed by atoms with van der Waals surface area (Å²) in [6, 6.07) is 29.1. The summed E-state index contributed by atoms with van der Waals surface area (Å²) in [5.41, 5.74) is 4.14. The summed E-state index contributed by atoms with van der Waals surface area (Å²) in [6.45, 7) is 8.17. The van der Waals surface area contributed by atoms with E-state index < -0.39 is 17.1 Å². The van der Waals surface area contributed by atoms with E-state index in [4.69, 9.17) is 0 Å². The summed E-state index contributed by atoms with van der Waals surface area (Å²) in [6.07, 6.45) is 0. The van der Waals surface area contributed by atoms with Gasteiger partial charge in [-0.15, -0.1) is 0 Å². The molecule has 2 unspecified atom stereocenters. The molecule has 0 radical (unpaired) electrons. The Hall–Kier alpha value is -4.47. The van der Waals surface area contributed by atoms with Crippen molar-refractivity contribution in [2.75, 3.05) is 10.2 Å². The van der Waals surface area contributed by atoms with Gasteiger partial charge in [0.1, 0.15) is 11.8 Å². The molecule has 7 rings (SSSR count). The van der Waals surface area contributed by atoms with E-state index in [2.05, 4.69) is 38.2 Å². The Kier molecular flexibility index (Phi) is 7.48. The van der Waals surface area contributed by atoms with E-state index in [9.17, 15) is 19.2 Å². The second-order valence-corrected chi connectivity index (χ2v) is 15.1. The zero-order valence-electron chi connectivity index (χ0n) is 25.9. The summed E-state index contributed by atoms with van der Waals surface area (Å²) in [5.74, 6) is -2.13. The lowest BCUT2D eigenvalue weighted by Crippen LogP contribution is -2.33. The lowest BCUT2D eigenvalue weighted by molar-refractivity contribution is -0.122. The zero-order chi connectivity index (χ0) is 32.3. The van der Waals surface area contributed by atoms with E-state index >= 15 is 0 Å².